The number of amides is 1. The van der Waals surface area contributed by atoms with E-state index < -0.39 is 5.60 Å². The van der Waals surface area contributed by atoms with Gasteiger partial charge in [-0.15, -0.1) is 0 Å². The molecule has 0 aliphatic carbocycles. The van der Waals surface area contributed by atoms with Gasteiger partial charge in [-0.25, -0.2) is 4.79 Å². The lowest BCUT2D eigenvalue weighted by Gasteiger charge is -2.53. The Morgan fingerprint density at radius 2 is 2.14 bits per heavy atom. The molecule has 2 aliphatic rings. The third-order valence-electron chi connectivity index (χ3n) is 3.34. The van der Waals surface area contributed by atoms with Crippen LogP contribution in [-0.4, -0.2) is 66.4 Å². The summed E-state index contributed by atoms with van der Waals surface area (Å²) in [6.07, 6.45) is -0.246. The minimum absolute atomic E-state index is 0.228. The zero-order chi connectivity index (χ0) is 15.5. The summed E-state index contributed by atoms with van der Waals surface area (Å²) >= 11 is 2.16. The van der Waals surface area contributed by atoms with E-state index in [1.807, 2.05) is 20.8 Å². The van der Waals surface area contributed by atoms with Crippen LogP contribution in [-0.2, 0) is 9.47 Å². The first-order chi connectivity index (χ1) is 9.84. The maximum atomic E-state index is 12.1. The number of carbonyl (C=O) groups is 1. The molecule has 2 saturated heterocycles. The van der Waals surface area contributed by atoms with E-state index in [2.05, 4.69) is 37.3 Å². The van der Waals surface area contributed by atoms with Gasteiger partial charge >= 0.3 is 6.09 Å². The van der Waals surface area contributed by atoms with E-state index in [1.165, 1.54) is 8.93 Å². The summed E-state index contributed by atoms with van der Waals surface area (Å²) in [7, 11) is 1.50. The minimum atomic E-state index is -0.457. The normalized spacial score (nSPS) is 21.4. The summed E-state index contributed by atoms with van der Waals surface area (Å²) in [5.41, 5.74) is -0.685. The van der Waals surface area contributed by atoms with Gasteiger partial charge in [0.2, 0.25) is 0 Å². The van der Waals surface area contributed by atoms with Crippen molar-refractivity contribution in [3.05, 3.63) is 0 Å². The summed E-state index contributed by atoms with van der Waals surface area (Å²) in [5, 5.41) is 2.98. The van der Waals surface area contributed by atoms with Gasteiger partial charge in [0, 0.05) is 40.8 Å². The smallest absolute Gasteiger partial charge is 0.410 e. The topological polar surface area (TPSA) is 42.0 Å². The van der Waals surface area contributed by atoms with Crippen molar-refractivity contribution in [2.24, 2.45) is 0 Å². The molecule has 0 N–H and O–H groups in total. The predicted molar refractivity (Wildman–Crippen MR) is 92.3 cm³/mol. The molecule has 0 atom stereocenters. The summed E-state index contributed by atoms with van der Waals surface area (Å²) in [6.45, 7) is 9.84. The van der Waals surface area contributed by atoms with Gasteiger partial charge in [0.25, 0.3) is 0 Å². The van der Waals surface area contributed by atoms with Gasteiger partial charge in [-0.1, -0.05) is 5.92 Å². The molecule has 0 aromatic rings. The lowest BCUT2D eigenvalue weighted by Crippen LogP contribution is -2.70. The Bertz CT molecular complexity index is 449. The van der Waals surface area contributed by atoms with Gasteiger partial charge in [-0.2, -0.15) is 0 Å². The number of morpholine rings is 1. The number of nitrogens with zero attached hydrogens (tertiary/aromatic N) is 2. The molecule has 2 aliphatic heterocycles. The third-order valence-corrected chi connectivity index (χ3v) is 4.22. The number of likely N-dealkylation sites (tertiary alicyclic amines) is 1. The first-order valence-electron chi connectivity index (χ1n) is 6.93. The highest BCUT2D eigenvalue weighted by atomic mass is 127. The van der Waals surface area contributed by atoms with Gasteiger partial charge in [0.1, 0.15) is 11.2 Å². The largest absolute Gasteiger partial charge is 0.444 e. The summed E-state index contributed by atoms with van der Waals surface area (Å²) in [5.74, 6) is 3.09. The summed E-state index contributed by atoms with van der Waals surface area (Å²) in [6, 6.07) is 0. The van der Waals surface area contributed by atoms with E-state index in [9.17, 15) is 4.79 Å². The van der Waals surface area contributed by atoms with Crippen LogP contribution in [0.15, 0.2) is 0 Å². The summed E-state index contributed by atoms with van der Waals surface area (Å²) in [4.78, 5) is 16.1. The number of ether oxygens (including phenoxy) is 2. The molecule has 0 radical (unpaired) electrons. The highest BCUT2D eigenvalue weighted by Crippen LogP contribution is 2.29. The number of hydrogen-bond donors (Lipinski definition) is 0. The van der Waals surface area contributed by atoms with Gasteiger partial charge < -0.3 is 14.4 Å². The lowest BCUT2D eigenvalue weighted by atomic mass is 9.92. The molecule has 2 fully saturated rings. The van der Waals surface area contributed by atoms with E-state index in [-0.39, 0.29) is 11.7 Å². The Kier molecular flexibility index (Phi) is 5.68. The highest BCUT2D eigenvalue weighted by molar-refractivity contribution is 14.2. The van der Waals surface area contributed by atoms with Crippen molar-refractivity contribution in [1.82, 2.24) is 9.80 Å². The molecular formula is C14H21IN2O3S. The fourth-order valence-corrected chi connectivity index (χ4v) is 3.16. The van der Waals surface area contributed by atoms with Gasteiger partial charge in [-0.05, 0) is 35.0 Å². The molecule has 7 heteroatoms. The Labute approximate surface area is 142 Å². The van der Waals surface area contributed by atoms with Crippen LogP contribution in [0.25, 0.3) is 0 Å². The van der Waals surface area contributed by atoms with Crippen LogP contribution in [0.5, 0.6) is 0 Å². The average Bonchev–Trinajstić information content (AvgIpc) is 2.35. The van der Waals surface area contributed by atoms with E-state index in [0.29, 0.717) is 19.7 Å². The Balaban J connectivity index is 1.84. The molecule has 0 aromatic carbocycles. The highest BCUT2D eigenvalue weighted by Gasteiger charge is 2.48. The number of hydrogen-bond acceptors (Lipinski definition) is 5. The Morgan fingerprint density at radius 3 is 2.76 bits per heavy atom. The molecule has 2 rings (SSSR count). The SMILES string of the molecule is CC(C)(C)OC(=O)N1CCOC2(CN(CC#CSI)C2)C1. The van der Waals surface area contributed by atoms with Crippen molar-refractivity contribution in [3.63, 3.8) is 0 Å². The maximum absolute atomic E-state index is 12.1. The molecule has 118 valence electrons. The molecule has 0 saturated carbocycles. The van der Waals surface area contributed by atoms with Crippen molar-refractivity contribution in [3.8, 4) is 11.2 Å². The van der Waals surface area contributed by atoms with Crippen molar-refractivity contribution in [1.29, 1.82) is 0 Å². The molecule has 1 amide bonds. The fraction of sp³-hybridized carbons (Fsp3) is 0.786. The second-order valence-corrected chi connectivity index (χ2v) is 8.11. The molecule has 0 unspecified atom stereocenters. The number of halogens is 1. The van der Waals surface area contributed by atoms with Gasteiger partial charge in [0.05, 0.1) is 19.7 Å². The third kappa shape index (κ3) is 4.91. The van der Waals surface area contributed by atoms with Crippen molar-refractivity contribution in [2.45, 2.75) is 32.0 Å². The van der Waals surface area contributed by atoms with E-state index in [1.54, 1.807) is 4.90 Å². The van der Waals surface area contributed by atoms with E-state index >= 15 is 0 Å². The first-order valence-corrected chi connectivity index (χ1v) is 10.3. The molecule has 0 bridgehead atoms. The average molecular weight is 424 g/mol. The summed E-state index contributed by atoms with van der Waals surface area (Å²) < 4.78 is 11.3. The van der Waals surface area contributed by atoms with Crippen LogP contribution in [0, 0.1) is 11.2 Å². The zero-order valence-corrected chi connectivity index (χ0v) is 15.6. The van der Waals surface area contributed by atoms with Gasteiger partial charge in [-0.3, -0.25) is 4.90 Å². The first kappa shape index (κ1) is 17.2. The standard InChI is InChI=1S/C14H21IN2O3S/c1-13(2,3)20-12(18)17-6-7-19-14(11-17)9-16(10-14)5-4-8-21-15/h5-7,9-11H2,1-3H3. The second kappa shape index (κ2) is 6.94. The minimum Gasteiger partial charge on any atom is -0.444 e. The molecule has 2 heterocycles. The van der Waals surface area contributed by atoms with Crippen molar-refractivity contribution in [2.75, 3.05) is 39.3 Å². The van der Waals surface area contributed by atoms with Gasteiger partial charge in [0.15, 0.2) is 0 Å². The van der Waals surface area contributed by atoms with Crippen molar-refractivity contribution < 1.29 is 14.3 Å². The van der Waals surface area contributed by atoms with E-state index in [0.717, 1.165) is 19.6 Å². The molecule has 5 nitrogen and oxygen atoms in total. The monoisotopic (exact) mass is 424 g/mol. The fourth-order valence-electron chi connectivity index (χ4n) is 2.57. The quantitative estimate of drug-likeness (QED) is 0.478. The van der Waals surface area contributed by atoms with Crippen LogP contribution in [0.2, 0.25) is 0 Å². The molecule has 21 heavy (non-hydrogen) atoms. The number of carbonyl (C=O) groups excluding carboxylic acids is 1. The maximum Gasteiger partial charge on any atom is 0.410 e. The van der Waals surface area contributed by atoms with Crippen LogP contribution in [0.1, 0.15) is 20.8 Å². The zero-order valence-electron chi connectivity index (χ0n) is 12.6. The van der Waals surface area contributed by atoms with E-state index in [4.69, 9.17) is 9.47 Å². The van der Waals surface area contributed by atoms with Crippen LogP contribution in [0.3, 0.4) is 0 Å². The number of rotatable bonds is 1. The van der Waals surface area contributed by atoms with Crippen LogP contribution < -0.4 is 0 Å². The molecule has 0 aromatic heterocycles. The predicted octanol–water partition coefficient (Wildman–Crippen LogP) is 2.35. The Hall–Kier alpha value is -0.170. The Morgan fingerprint density at radius 1 is 1.43 bits per heavy atom. The van der Waals surface area contributed by atoms with Crippen LogP contribution >= 0.6 is 30.1 Å². The molecule has 1 spiro atoms. The second-order valence-electron chi connectivity index (χ2n) is 6.43. The van der Waals surface area contributed by atoms with Crippen LogP contribution in [0.4, 0.5) is 4.79 Å². The lowest BCUT2D eigenvalue weighted by molar-refractivity contribution is -0.177. The molecular weight excluding hydrogens is 403 g/mol. The van der Waals surface area contributed by atoms with Crippen molar-refractivity contribution >= 4 is 36.2 Å².